The normalized spacial score (nSPS) is 12.9. The van der Waals surface area contributed by atoms with Crippen molar-refractivity contribution in [3.05, 3.63) is 46.8 Å². The van der Waals surface area contributed by atoms with Gasteiger partial charge >= 0.3 is 0 Å². The molecule has 0 spiro atoms. The van der Waals surface area contributed by atoms with Crippen LogP contribution in [-0.2, 0) is 20.0 Å². The van der Waals surface area contributed by atoms with Gasteiger partial charge in [0.2, 0.25) is 0 Å². The molecule has 6 nitrogen and oxygen atoms in total. The summed E-state index contributed by atoms with van der Waals surface area (Å²) in [6.45, 7) is 6.08. The maximum absolute atomic E-state index is 12.3. The van der Waals surface area contributed by atoms with Crippen LogP contribution in [0.1, 0.15) is 29.4 Å². The van der Waals surface area contributed by atoms with Crippen molar-refractivity contribution in [3.63, 3.8) is 0 Å². The molecule has 0 aliphatic carbocycles. The molecule has 1 unspecified atom stereocenters. The second-order valence-corrected chi connectivity index (χ2v) is 6.80. The van der Waals surface area contributed by atoms with Crippen molar-refractivity contribution in [2.24, 2.45) is 12.0 Å². The second kappa shape index (κ2) is 10.1. The molecule has 2 rings (SSSR count). The van der Waals surface area contributed by atoms with Gasteiger partial charge < -0.3 is 15.4 Å². The van der Waals surface area contributed by atoms with Crippen molar-refractivity contribution < 1.29 is 13.5 Å². The first-order valence-corrected chi connectivity index (χ1v) is 9.26. The van der Waals surface area contributed by atoms with Crippen molar-refractivity contribution in [2.45, 2.75) is 46.2 Å². The summed E-state index contributed by atoms with van der Waals surface area (Å²) in [7, 11) is 3.66. The van der Waals surface area contributed by atoms with Crippen molar-refractivity contribution in [1.29, 1.82) is 0 Å². The lowest BCUT2D eigenvalue weighted by molar-refractivity contribution is 0.0818. The molecule has 154 valence electrons. The molecule has 0 saturated carbocycles. The number of hydrogen-bond donors (Lipinski definition) is 2. The van der Waals surface area contributed by atoms with E-state index in [9.17, 15) is 8.78 Å². The van der Waals surface area contributed by atoms with Crippen molar-refractivity contribution in [3.8, 4) is 5.75 Å². The molecule has 1 atom stereocenters. The Morgan fingerprint density at radius 3 is 2.68 bits per heavy atom. The van der Waals surface area contributed by atoms with E-state index in [0.717, 1.165) is 23.4 Å². The Labute approximate surface area is 165 Å². The number of aryl methyl sites for hydroxylation is 2. The number of aliphatic imine (C=N–C) groups is 1. The summed E-state index contributed by atoms with van der Waals surface area (Å²) < 4.78 is 31.5. The quantitative estimate of drug-likeness (QED) is 0.535. The molecule has 0 bridgehead atoms. The fourth-order valence-corrected chi connectivity index (χ4v) is 2.99. The van der Waals surface area contributed by atoms with Crippen LogP contribution in [0.15, 0.2) is 29.3 Å². The van der Waals surface area contributed by atoms with E-state index < -0.39 is 13.0 Å². The van der Waals surface area contributed by atoms with Crippen molar-refractivity contribution in [1.82, 2.24) is 20.4 Å². The van der Waals surface area contributed by atoms with Gasteiger partial charge in [-0.2, -0.15) is 5.10 Å². The summed E-state index contributed by atoms with van der Waals surface area (Å²) in [5.41, 5.74) is 4.36. The first kappa shape index (κ1) is 21.7. The third-order valence-corrected chi connectivity index (χ3v) is 4.51. The molecule has 0 aliphatic rings. The van der Waals surface area contributed by atoms with Gasteiger partial charge in [-0.05, 0) is 50.5 Å². The molecule has 0 radical (unpaired) electrons. The average molecular weight is 393 g/mol. The summed E-state index contributed by atoms with van der Waals surface area (Å²) in [6, 6.07) is 7.26. The molecule has 1 aromatic heterocycles. The van der Waals surface area contributed by atoms with E-state index in [1.54, 1.807) is 25.2 Å². The fraction of sp³-hybridized carbons (Fsp3) is 0.500. The van der Waals surface area contributed by atoms with Gasteiger partial charge in [0.1, 0.15) is 12.4 Å². The molecular formula is C20H29F2N5O. The molecule has 0 aliphatic heterocycles. The van der Waals surface area contributed by atoms with Crippen LogP contribution >= 0.6 is 0 Å². The molecule has 0 saturated heterocycles. The number of hydrogen-bond acceptors (Lipinski definition) is 3. The van der Waals surface area contributed by atoms with E-state index in [4.69, 9.17) is 4.74 Å². The molecule has 1 aromatic carbocycles. The number of benzene rings is 1. The number of alkyl halides is 2. The van der Waals surface area contributed by atoms with Crippen LogP contribution in [-0.4, -0.2) is 41.9 Å². The number of halogens is 2. The van der Waals surface area contributed by atoms with E-state index in [1.807, 2.05) is 24.7 Å². The lowest BCUT2D eigenvalue weighted by Gasteiger charge is -2.18. The topological polar surface area (TPSA) is 63.5 Å². The SMILES string of the molecule is CN=C(NCc1cccc(OCC(F)F)c1)NC(C)Cc1c(C)nn(C)c1C. The molecule has 2 N–H and O–H groups in total. The fourth-order valence-electron chi connectivity index (χ4n) is 2.99. The monoisotopic (exact) mass is 393 g/mol. The van der Waals surface area contributed by atoms with E-state index >= 15 is 0 Å². The maximum Gasteiger partial charge on any atom is 0.272 e. The summed E-state index contributed by atoms with van der Waals surface area (Å²) in [4.78, 5) is 4.26. The van der Waals surface area contributed by atoms with Crippen LogP contribution in [0.3, 0.4) is 0 Å². The Kier molecular flexibility index (Phi) is 7.78. The van der Waals surface area contributed by atoms with E-state index in [2.05, 4.69) is 34.6 Å². The number of nitrogens with zero attached hydrogens (tertiary/aromatic N) is 3. The highest BCUT2D eigenvalue weighted by atomic mass is 19.3. The number of ether oxygens (including phenoxy) is 1. The minimum Gasteiger partial charge on any atom is -0.488 e. The third-order valence-electron chi connectivity index (χ3n) is 4.51. The smallest absolute Gasteiger partial charge is 0.272 e. The first-order valence-electron chi connectivity index (χ1n) is 9.26. The number of guanidine groups is 1. The number of aromatic nitrogens is 2. The van der Waals surface area contributed by atoms with Crippen LogP contribution in [0.5, 0.6) is 5.75 Å². The molecule has 1 heterocycles. The van der Waals surface area contributed by atoms with Gasteiger partial charge in [-0.25, -0.2) is 8.78 Å². The highest BCUT2D eigenvalue weighted by Gasteiger charge is 2.14. The molecule has 0 amide bonds. The minimum absolute atomic E-state index is 0.161. The summed E-state index contributed by atoms with van der Waals surface area (Å²) in [5.74, 6) is 1.10. The van der Waals surface area contributed by atoms with Crippen molar-refractivity contribution >= 4 is 5.96 Å². The first-order chi connectivity index (χ1) is 13.3. The molecule has 2 aromatic rings. The summed E-state index contributed by atoms with van der Waals surface area (Å²) in [5, 5.41) is 11.1. The lowest BCUT2D eigenvalue weighted by Crippen LogP contribution is -2.42. The van der Waals surface area contributed by atoms with Crippen LogP contribution < -0.4 is 15.4 Å². The van der Waals surface area contributed by atoms with Gasteiger partial charge in [0.15, 0.2) is 5.96 Å². The number of nitrogens with one attached hydrogen (secondary N) is 2. The zero-order valence-electron chi connectivity index (χ0n) is 17.1. The molecule has 28 heavy (non-hydrogen) atoms. The maximum atomic E-state index is 12.3. The van der Waals surface area contributed by atoms with Crippen LogP contribution in [0.2, 0.25) is 0 Å². The zero-order chi connectivity index (χ0) is 20.7. The molecular weight excluding hydrogens is 364 g/mol. The van der Waals surface area contributed by atoms with Gasteiger partial charge in [-0.3, -0.25) is 9.67 Å². The van der Waals surface area contributed by atoms with Crippen molar-refractivity contribution in [2.75, 3.05) is 13.7 Å². The minimum atomic E-state index is -2.49. The standard InChI is InChI=1S/C20H29F2N5O/c1-13(9-18-14(2)26-27(5)15(18)3)25-20(23-4)24-11-16-7-6-8-17(10-16)28-12-19(21)22/h6-8,10,13,19H,9,11-12H2,1-5H3,(H2,23,24,25). The Bertz CT molecular complexity index is 804. The van der Waals surface area contributed by atoms with Gasteiger partial charge in [-0.15, -0.1) is 0 Å². The third kappa shape index (κ3) is 6.21. The Hall–Kier alpha value is -2.64. The summed E-state index contributed by atoms with van der Waals surface area (Å²) in [6.07, 6.45) is -1.65. The average Bonchev–Trinajstić information content (AvgIpc) is 2.89. The van der Waals surface area contributed by atoms with Gasteiger partial charge in [0, 0.05) is 32.4 Å². The zero-order valence-corrected chi connectivity index (χ0v) is 17.1. The van der Waals surface area contributed by atoms with Gasteiger partial charge in [0.25, 0.3) is 6.43 Å². The highest BCUT2D eigenvalue weighted by molar-refractivity contribution is 5.79. The Morgan fingerprint density at radius 2 is 2.07 bits per heavy atom. The predicted molar refractivity (Wildman–Crippen MR) is 107 cm³/mol. The van der Waals surface area contributed by atoms with Gasteiger partial charge in [0.05, 0.1) is 5.69 Å². The van der Waals surface area contributed by atoms with E-state index in [-0.39, 0.29) is 6.04 Å². The summed E-state index contributed by atoms with van der Waals surface area (Å²) >= 11 is 0. The van der Waals surface area contributed by atoms with Crippen LogP contribution in [0, 0.1) is 13.8 Å². The van der Waals surface area contributed by atoms with E-state index in [1.165, 1.54) is 5.56 Å². The Morgan fingerprint density at radius 1 is 1.32 bits per heavy atom. The molecule has 8 heteroatoms. The van der Waals surface area contributed by atoms with E-state index in [0.29, 0.717) is 18.3 Å². The van der Waals surface area contributed by atoms with Gasteiger partial charge in [-0.1, -0.05) is 12.1 Å². The lowest BCUT2D eigenvalue weighted by atomic mass is 10.1. The van der Waals surface area contributed by atoms with Crippen LogP contribution in [0.4, 0.5) is 8.78 Å². The Balaban J connectivity index is 1.89. The predicted octanol–water partition coefficient (Wildman–Crippen LogP) is 2.98. The second-order valence-electron chi connectivity index (χ2n) is 6.80. The highest BCUT2D eigenvalue weighted by Crippen LogP contribution is 2.15. The molecule has 0 fully saturated rings. The largest absolute Gasteiger partial charge is 0.488 e. The number of rotatable bonds is 8. The van der Waals surface area contributed by atoms with Crippen LogP contribution in [0.25, 0.3) is 0 Å².